The second kappa shape index (κ2) is 9.55. The van der Waals surface area contributed by atoms with E-state index in [4.69, 9.17) is 9.84 Å². The number of likely N-dealkylation sites (N-methyl/N-ethyl adjacent to an activating group) is 1. The lowest BCUT2D eigenvalue weighted by atomic mass is 10.0. The zero-order chi connectivity index (χ0) is 24.5. The number of aromatic nitrogens is 2. The Hall–Kier alpha value is -3.24. The standard InChI is InChI=1S/C24H29F2N5O3/c1-15(16-5-4-6-17(11-16)24(25,26)14-32)28-23(33)18-12-20(31-9-7-30(2)8-10-31)22(34-3)19-13-27-29-21(18)19/h4-6,11-13,15,32H,7-10,14H2,1-3H3,(H,27,29)(H,28,33)/t15-/m1/s1. The van der Waals surface area contributed by atoms with Crippen molar-refractivity contribution in [2.75, 3.05) is 51.8 Å². The molecular weight excluding hydrogens is 444 g/mol. The van der Waals surface area contributed by atoms with Crippen molar-refractivity contribution in [1.29, 1.82) is 0 Å². The van der Waals surface area contributed by atoms with Crippen LogP contribution in [0.3, 0.4) is 0 Å². The van der Waals surface area contributed by atoms with Gasteiger partial charge in [0, 0.05) is 31.7 Å². The van der Waals surface area contributed by atoms with Crippen LogP contribution >= 0.6 is 0 Å². The number of aromatic amines is 1. The number of H-pyrrole nitrogens is 1. The predicted octanol–water partition coefficient (Wildman–Crippen LogP) is 2.90. The van der Waals surface area contributed by atoms with Gasteiger partial charge in [-0.3, -0.25) is 9.89 Å². The van der Waals surface area contributed by atoms with Gasteiger partial charge >= 0.3 is 0 Å². The quantitative estimate of drug-likeness (QED) is 0.489. The lowest BCUT2D eigenvalue weighted by molar-refractivity contribution is -0.0556. The van der Waals surface area contributed by atoms with Gasteiger partial charge in [0.05, 0.1) is 41.5 Å². The third kappa shape index (κ3) is 4.55. The number of aliphatic hydroxyl groups excluding tert-OH is 1. The van der Waals surface area contributed by atoms with Crippen LogP contribution in [0.25, 0.3) is 10.9 Å². The topological polar surface area (TPSA) is 93.7 Å². The van der Waals surface area contributed by atoms with E-state index >= 15 is 0 Å². The summed E-state index contributed by atoms with van der Waals surface area (Å²) in [6.07, 6.45) is 1.63. The van der Waals surface area contributed by atoms with Crippen LogP contribution in [0.5, 0.6) is 5.75 Å². The Balaban J connectivity index is 1.65. The molecule has 10 heteroatoms. The molecule has 1 fully saturated rings. The lowest BCUT2D eigenvalue weighted by Gasteiger charge is -2.35. The maximum atomic E-state index is 13.9. The number of methoxy groups -OCH3 is 1. The number of nitrogens with zero attached hydrogens (tertiary/aromatic N) is 3. The fourth-order valence-corrected chi connectivity index (χ4v) is 4.24. The van der Waals surface area contributed by atoms with Gasteiger partial charge in [-0.2, -0.15) is 13.9 Å². The molecule has 0 unspecified atom stereocenters. The molecule has 3 N–H and O–H groups in total. The highest BCUT2D eigenvalue weighted by Crippen LogP contribution is 2.38. The molecule has 1 atom stereocenters. The second-order valence-corrected chi connectivity index (χ2v) is 8.61. The number of ether oxygens (including phenoxy) is 1. The van der Waals surface area contributed by atoms with Gasteiger partial charge in [0.15, 0.2) is 5.75 Å². The van der Waals surface area contributed by atoms with E-state index in [1.54, 1.807) is 32.4 Å². The van der Waals surface area contributed by atoms with Crippen LogP contribution in [0.15, 0.2) is 36.5 Å². The molecule has 1 aliphatic rings. The van der Waals surface area contributed by atoms with Crippen molar-refractivity contribution in [1.82, 2.24) is 20.4 Å². The monoisotopic (exact) mass is 473 g/mol. The minimum atomic E-state index is -3.35. The lowest BCUT2D eigenvalue weighted by Crippen LogP contribution is -2.44. The summed E-state index contributed by atoms with van der Waals surface area (Å²) in [7, 11) is 3.66. The largest absolute Gasteiger partial charge is 0.494 e. The van der Waals surface area contributed by atoms with E-state index in [1.165, 1.54) is 18.2 Å². The Labute approximate surface area is 196 Å². The Kier molecular flexibility index (Phi) is 6.72. The molecule has 1 saturated heterocycles. The third-order valence-electron chi connectivity index (χ3n) is 6.31. The highest BCUT2D eigenvalue weighted by Gasteiger charge is 2.31. The van der Waals surface area contributed by atoms with Gasteiger partial charge in [-0.25, -0.2) is 0 Å². The first kappa shape index (κ1) is 23.9. The van der Waals surface area contributed by atoms with Crippen molar-refractivity contribution >= 4 is 22.5 Å². The number of hydrogen-bond donors (Lipinski definition) is 3. The molecule has 0 radical (unpaired) electrons. The summed E-state index contributed by atoms with van der Waals surface area (Å²) in [5, 5.41) is 19.6. The zero-order valence-electron chi connectivity index (χ0n) is 19.4. The van der Waals surface area contributed by atoms with Gasteiger partial charge in [-0.15, -0.1) is 0 Å². The number of amides is 1. The molecule has 1 aliphatic heterocycles. The summed E-state index contributed by atoms with van der Waals surface area (Å²) in [4.78, 5) is 17.8. The Morgan fingerprint density at radius 2 is 2.03 bits per heavy atom. The molecule has 182 valence electrons. The van der Waals surface area contributed by atoms with Gasteiger partial charge in [0.2, 0.25) is 0 Å². The summed E-state index contributed by atoms with van der Waals surface area (Å²) in [5.41, 5.74) is 1.96. The molecule has 0 spiro atoms. The first-order valence-electron chi connectivity index (χ1n) is 11.1. The van der Waals surface area contributed by atoms with Gasteiger partial charge in [-0.1, -0.05) is 18.2 Å². The Bertz CT molecular complexity index is 1170. The molecule has 1 amide bonds. The summed E-state index contributed by atoms with van der Waals surface area (Å²) >= 11 is 0. The number of alkyl halides is 2. The number of nitrogens with one attached hydrogen (secondary N) is 2. The molecule has 8 nitrogen and oxygen atoms in total. The number of carbonyl (C=O) groups excluding carboxylic acids is 1. The molecule has 4 rings (SSSR count). The van der Waals surface area contributed by atoms with Crippen LogP contribution in [0, 0.1) is 0 Å². The van der Waals surface area contributed by atoms with Crippen LogP contribution in [-0.2, 0) is 5.92 Å². The van der Waals surface area contributed by atoms with E-state index < -0.39 is 18.6 Å². The minimum Gasteiger partial charge on any atom is -0.494 e. The second-order valence-electron chi connectivity index (χ2n) is 8.61. The van der Waals surface area contributed by atoms with Crippen molar-refractivity contribution in [3.8, 4) is 5.75 Å². The summed E-state index contributed by atoms with van der Waals surface area (Å²) in [6.45, 7) is 3.80. The number of hydrogen-bond acceptors (Lipinski definition) is 6. The van der Waals surface area contributed by atoms with Gasteiger partial charge in [0.25, 0.3) is 11.8 Å². The van der Waals surface area contributed by atoms with Crippen molar-refractivity contribution in [3.05, 3.63) is 53.2 Å². The maximum Gasteiger partial charge on any atom is 0.295 e. The number of piperazine rings is 1. The summed E-state index contributed by atoms with van der Waals surface area (Å²) < 4.78 is 33.6. The van der Waals surface area contributed by atoms with Crippen molar-refractivity contribution in [2.24, 2.45) is 0 Å². The molecular formula is C24H29F2N5O3. The number of aliphatic hydroxyl groups is 1. The molecule has 0 saturated carbocycles. The maximum absolute atomic E-state index is 13.9. The van der Waals surface area contributed by atoms with Crippen molar-refractivity contribution in [2.45, 2.75) is 18.9 Å². The molecule has 0 aliphatic carbocycles. The molecule has 34 heavy (non-hydrogen) atoms. The van der Waals surface area contributed by atoms with Crippen LogP contribution < -0.4 is 15.0 Å². The fraction of sp³-hybridized carbons (Fsp3) is 0.417. The molecule has 2 heterocycles. The van der Waals surface area contributed by atoms with E-state index in [0.717, 1.165) is 31.9 Å². The van der Waals surface area contributed by atoms with E-state index in [0.29, 0.717) is 27.8 Å². The highest BCUT2D eigenvalue weighted by atomic mass is 19.3. The number of fused-ring (bicyclic) bond motifs is 1. The van der Waals surface area contributed by atoms with Crippen LogP contribution in [0.4, 0.5) is 14.5 Å². The van der Waals surface area contributed by atoms with Crippen LogP contribution in [0.2, 0.25) is 0 Å². The number of carbonyl (C=O) groups is 1. The first-order chi connectivity index (χ1) is 16.2. The number of benzene rings is 2. The number of halogens is 2. The van der Waals surface area contributed by atoms with Crippen molar-refractivity contribution in [3.63, 3.8) is 0 Å². The zero-order valence-corrected chi connectivity index (χ0v) is 19.4. The number of rotatable bonds is 7. The molecule has 0 bridgehead atoms. The van der Waals surface area contributed by atoms with Gasteiger partial charge < -0.3 is 25.0 Å². The first-order valence-corrected chi connectivity index (χ1v) is 11.1. The van der Waals surface area contributed by atoms with E-state index in [9.17, 15) is 13.6 Å². The van der Waals surface area contributed by atoms with Gasteiger partial charge in [-0.05, 0) is 31.7 Å². The van der Waals surface area contributed by atoms with Crippen LogP contribution in [0.1, 0.15) is 34.5 Å². The molecule has 2 aromatic carbocycles. The van der Waals surface area contributed by atoms with E-state index in [1.807, 2.05) is 0 Å². The average molecular weight is 474 g/mol. The fourth-order valence-electron chi connectivity index (χ4n) is 4.24. The Morgan fingerprint density at radius 3 is 2.71 bits per heavy atom. The number of anilines is 1. The smallest absolute Gasteiger partial charge is 0.295 e. The van der Waals surface area contributed by atoms with E-state index in [2.05, 4.69) is 32.4 Å². The van der Waals surface area contributed by atoms with Crippen molar-refractivity contribution < 1.29 is 23.4 Å². The predicted molar refractivity (Wildman–Crippen MR) is 126 cm³/mol. The van der Waals surface area contributed by atoms with Crippen LogP contribution in [-0.4, -0.2) is 73.1 Å². The van der Waals surface area contributed by atoms with Gasteiger partial charge in [0.1, 0.15) is 6.61 Å². The average Bonchev–Trinajstić information content (AvgIpc) is 3.33. The normalized spacial score (nSPS) is 16.0. The minimum absolute atomic E-state index is 0.300. The molecule has 1 aromatic heterocycles. The van der Waals surface area contributed by atoms with E-state index in [-0.39, 0.29) is 11.5 Å². The summed E-state index contributed by atoms with van der Waals surface area (Å²) in [5.74, 6) is -3.06. The highest BCUT2D eigenvalue weighted by molar-refractivity contribution is 6.09. The molecule has 3 aromatic rings. The Morgan fingerprint density at radius 1 is 1.29 bits per heavy atom. The summed E-state index contributed by atoms with van der Waals surface area (Å²) in [6, 6.07) is 6.96. The SMILES string of the molecule is COc1c(N2CCN(C)CC2)cc(C(=O)N[C@H](C)c2cccc(C(F)(F)CO)c2)c2[nH]ncc12. The third-order valence-corrected chi connectivity index (χ3v) is 6.31.